The van der Waals surface area contributed by atoms with Gasteiger partial charge in [-0.05, 0) is 37.1 Å². The average molecular weight is 270 g/mol. The first kappa shape index (κ1) is 12.7. The SMILES string of the molecule is CN(C)C(=O)c1ccc(N)cc1-n1ccc(C2CC2)n1. The summed E-state index contributed by atoms with van der Waals surface area (Å²) in [4.78, 5) is 13.8. The number of nitrogens with zero attached hydrogens (tertiary/aromatic N) is 3. The normalized spacial score (nSPS) is 14.3. The van der Waals surface area contributed by atoms with Gasteiger partial charge in [0.25, 0.3) is 5.91 Å². The Kier molecular flexibility index (Phi) is 2.97. The van der Waals surface area contributed by atoms with Gasteiger partial charge in [0.15, 0.2) is 0 Å². The lowest BCUT2D eigenvalue weighted by atomic mass is 10.1. The largest absolute Gasteiger partial charge is 0.399 e. The van der Waals surface area contributed by atoms with Crippen LogP contribution in [0.25, 0.3) is 5.69 Å². The molecule has 2 aromatic rings. The smallest absolute Gasteiger partial charge is 0.255 e. The number of benzene rings is 1. The highest BCUT2D eigenvalue weighted by atomic mass is 16.2. The van der Waals surface area contributed by atoms with E-state index in [0.717, 1.165) is 11.4 Å². The first-order valence-electron chi connectivity index (χ1n) is 6.73. The Morgan fingerprint density at radius 3 is 2.75 bits per heavy atom. The highest BCUT2D eigenvalue weighted by molar-refractivity contribution is 5.98. The van der Waals surface area contributed by atoms with Gasteiger partial charge in [-0.3, -0.25) is 4.79 Å². The van der Waals surface area contributed by atoms with E-state index in [-0.39, 0.29) is 5.91 Å². The molecule has 1 amide bonds. The van der Waals surface area contributed by atoms with Gasteiger partial charge in [-0.15, -0.1) is 0 Å². The lowest BCUT2D eigenvalue weighted by Gasteiger charge is -2.14. The summed E-state index contributed by atoms with van der Waals surface area (Å²) in [7, 11) is 3.47. The number of carbonyl (C=O) groups is 1. The summed E-state index contributed by atoms with van der Waals surface area (Å²) in [5.74, 6) is 0.536. The van der Waals surface area contributed by atoms with Crippen LogP contribution in [0.3, 0.4) is 0 Å². The van der Waals surface area contributed by atoms with Crippen molar-refractivity contribution < 1.29 is 4.79 Å². The monoisotopic (exact) mass is 270 g/mol. The molecule has 104 valence electrons. The molecule has 1 aromatic carbocycles. The highest BCUT2D eigenvalue weighted by Crippen LogP contribution is 2.39. The summed E-state index contributed by atoms with van der Waals surface area (Å²) in [5, 5.41) is 4.58. The fourth-order valence-corrected chi connectivity index (χ4v) is 2.23. The van der Waals surface area contributed by atoms with Crippen molar-refractivity contribution in [2.24, 2.45) is 0 Å². The topological polar surface area (TPSA) is 64.2 Å². The van der Waals surface area contributed by atoms with E-state index in [1.807, 2.05) is 12.3 Å². The third-order valence-corrected chi connectivity index (χ3v) is 3.51. The zero-order valence-electron chi connectivity index (χ0n) is 11.7. The van der Waals surface area contributed by atoms with E-state index in [1.54, 1.807) is 41.9 Å². The number of aromatic nitrogens is 2. The third kappa shape index (κ3) is 2.27. The minimum absolute atomic E-state index is 0.0523. The van der Waals surface area contributed by atoms with Gasteiger partial charge in [0.05, 0.1) is 16.9 Å². The van der Waals surface area contributed by atoms with E-state index in [2.05, 4.69) is 5.10 Å². The molecule has 1 aliphatic carbocycles. The molecule has 0 bridgehead atoms. The van der Waals surface area contributed by atoms with Crippen LogP contribution in [-0.4, -0.2) is 34.7 Å². The number of nitrogens with two attached hydrogens (primary N) is 1. The quantitative estimate of drug-likeness (QED) is 0.868. The van der Waals surface area contributed by atoms with Gasteiger partial charge in [-0.25, -0.2) is 4.68 Å². The van der Waals surface area contributed by atoms with Gasteiger partial charge in [0.1, 0.15) is 0 Å². The van der Waals surface area contributed by atoms with Crippen LogP contribution in [0.2, 0.25) is 0 Å². The van der Waals surface area contributed by atoms with Crippen molar-refractivity contribution >= 4 is 11.6 Å². The molecule has 0 aliphatic heterocycles. The van der Waals surface area contributed by atoms with Crippen LogP contribution in [0.15, 0.2) is 30.5 Å². The van der Waals surface area contributed by atoms with Gasteiger partial charge in [-0.1, -0.05) is 0 Å². The maximum atomic E-state index is 12.2. The second-order valence-corrected chi connectivity index (χ2v) is 5.44. The first-order valence-corrected chi connectivity index (χ1v) is 6.73. The molecule has 5 heteroatoms. The summed E-state index contributed by atoms with van der Waals surface area (Å²) >= 11 is 0. The van der Waals surface area contributed by atoms with Crippen molar-refractivity contribution in [1.29, 1.82) is 0 Å². The molecular weight excluding hydrogens is 252 g/mol. The molecule has 0 spiro atoms. The number of anilines is 1. The van der Waals surface area contributed by atoms with Crippen molar-refractivity contribution in [3.8, 4) is 5.69 Å². The number of hydrogen-bond donors (Lipinski definition) is 1. The lowest BCUT2D eigenvalue weighted by Crippen LogP contribution is -2.23. The Hall–Kier alpha value is -2.30. The summed E-state index contributed by atoms with van der Waals surface area (Å²) in [6.07, 6.45) is 4.31. The fraction of sp³-hybridized carbons (Fsp3) is 0.333. The van der Waals surface area contributed by atoms with Crippen LogP contribution in [-0.2, 0) is 0 Å². The summed E-state index contributed by atoms with van der Waals surface area (Å²) in [6.45, 7) is 0. The number of hydrogen-bond acceptors (Lipinski definition) is 3. The van der Waals surface area contributed by atoms with Crippen LogP contribution in [0.4, 0.5) is 5.69 Å². The Bertz CT molecular complexity index is 656. The van der Waals surface area contributed by atoms with E-state index >= 15 is 0 Å². The van der Waals surface area contributed by atoms with Crippen molar-refractivity contribution in [2.75, 3.05) is 19.8 Å². The number of rotatable bonds is 3. The van der Waals surface area contributed by atoms with E-state index in [4.69, 9.17) is 5.73 Å². The average Bonchev–Trinajstić information content (AvgIpc) is 3.15. The minimum Gasteiger partial charge on any atom is -0.399 e. The zero-order valence-corrected chi connectivity index (χ0v) is 11.7. The molecule has 1 saturated carbocycles. The Morgan fingerprint density at radius 2 is 2.10 bits per heavy atom. The molecule has 0 saturated heterocycles. The fourth-order valence-electron chi connectivity index (χ4n) is 2.23. The number of amides is 1. The molecule has 20 heavy (non-hydrogen) atoms. The molecule has 5 nitrogen and oxygen atoms in total. The van der Waals surface area contributed by atoms with E-state index < -0.39 is 0 Å². The molecule has 1 aliphatic rings. The van der Waals surface area contributed by atoms with Gasteiger partial charge < -0.3 is 10.6 Å². The minimum atomic E-state index is -0.0523. The standard InChI is InChI=1S/C15H18N4O/c1-18(2)15(20)12-6-5-11(16)9-14(12)19-8-7-13(17-19)10-3-4-10/h5-10H,3-4,16H2,1-2H3. The lowest BCUT2D eigenvalue weighted by molar-refractivity contribution is 0.0827. The van der Waals surface area contributed by atoms with Gasteiger partial charge in [0, 0.05) is 31.9 Å². The van der Waals surface area contributed by atoms with Crippen molar-refractivity contribution in [1.82, 2.24) is 14.7 Å². The van der Waals surface area contributed by atoms with Crippen LogP contribution >= 0.6 is 0 Å². The molecule has 1 fully saturated rings. The first-order chi connectivity index (χ1) is 9.56. The summed E-state index contributed by atoms with van der Waals surface area (Å²) < 4.78 is 1.75. The molecule has 0 radical (unpaired) electrons. The van der Waals surface area contributed by atoms with Crippen molar-refractivity contribution in [3.63, 3.8) is 0 Å². The van der Waals surface area contributed by atoms with Crippen LogP contribution in [0, 0.1) is 0 Å². The molecule has 2 N–H and O–H groups in total. The van der Waals surface area contributed by atoms with E-state index in [9.17, 15) is 4.79 Å². The third-order valence-electron chi connectivity index (χ3n) is 3.51. The predicted octanol–water partition coefficient (Wildman–Crippen LogP) is 2.03. The summed E-state index contributed by atoms with van der Waals surface area (Å²) in [5.41, 5.74) is 8.91. The molecule has 3 rings (SSSR count). The van der Waals surface area contributed by atoms with E-state index in [1.165, 1.54) is 12.8 Å². The van der Waals surface area contributed by atoms with Crippen LogP contribution < -0.4 is 5.73 Å². The highest BCUT2D eigenvalue weighted by Gasteiger charge is 2.26. The Labute approximate surface area is 118 Å². The molecule has 1 heterocycles. The molecule has 0 unspecified atom stereocenters. The van der Waals surface area contributed by atoms with Crippen LogP contribution in [0.1, 0.15) is 34.8 Å². The van der Waals surface area contributed by atoms with Gasteiger partial charge in [-0.2, -0.15) is 5.10 Å². The maximum Gasteiger partial charge on any atom is 0.255 e. The molecule has 1 aromatic heterocycles. The van der Waals surface area contributed by atoms with Crippen molar-refractivity contribution in [3.05, 3.63) is 41.7 Å². The zero-order chi connectivity index (χ0) is 14.3. The molecule has 0 atom stereocenters. The van der Waals surface area contributed by atoms with Gasteiger partial charge in [0.2, 0.25) is 0 Å². The number of nitrogen functional groups attached to an aromatic ring is 1. The Morgan fingerprint density at radius 1 is 1.35 bits per heavy atom. The molecular formula is C15H18N4O. The van der Waals surface area contributed by atoms with Crippen molar-refractivity contribution in [2.45, 2.75) is 18.8 Å². The second kappa shape index (κ2) is 4.67. The van der Waals surface area contributed by atoms with E-state index in [0.29, 0.717) is 17.2 Å². The van der Waals surface area contributed by atoms with Gasteiger partial charge >= 0.3 is 0 Å². The predicted molar refractivity (Wildman–Crippen MR) is 78.0 cm³/mol. The second-order valence-electron chi connectivity index (χ2n) is 5.44. The number of carbonyl (C=O) groups excluding carboxylic acids is 1. The van der Waals surface area contributed by atoms with Crippen LogP contribution in [0.5, 0.6) is 0 Å². The Balaban J connectivity index is 2.05. The maximum absolute atomic E-state index is 12.2. The summed E-state index contributed by atoms with van der Waals surface area (Å²) in [6, 6.07) is 7.31.